The minimum Gasteiger partial charge on any atom is -0.509 e. The fraction of sp³-hybridized carbons (Fsp3) is 0.111. The average Bonchev–Trinajstić information content (AvgIpc) is 1.49. The summed E-state index contributed by atoms with van der Waals surface area (Å²) in [7, 11) is 0. The Morgan fingerprint density at radius 1 is 0.506 bits per heavy atom. The van der Waals surface area contributed by atoms with E-state index in [1.807, 2.05) is 125 Å². The number of ether oxygens (including phenoxy) is 1. The second kappa shape index (κ2) is 20.9. The van der Waals surface area contributed by atoms with Crippen LogP contribution < -0.4 is 14.5 Å². The normalized spacial score (nSPS) is 15.5. The van der Waals surface area contributed by atoms with Crippen molar-refractivity contribution in [2.24, 2.45) is 0 Å². The van der Waals surface area contributed by atoms with E-state index in [9.17, 15) is 0 Å². The Hall–Kier alpha value is -9.54. The zero-order chi connectivity index (χ0) is 65.5. The van der Waals surface area contributed by atoms with Crippen LogP contribution in [-0.4, -0.2) is 9.55 Å². The van der Waals surface area contributed by atoms with Crippen molar-refractivity contribution in [3.05, 3.63) is 317 Å². The van der Waals surface area contributed by atoms with Crippen LogP contribution in [0.15, 0.2) is 243 Å². The summed E-state index contributed by atoms with van der Waals surface area (Å²) in [5.41, 5.74) is 18.5. The number of nitrogens with zero attached hydrogens (tertiary/aromatic N) is 4. The molecule has 0 fully saturated rings. The van der Waals surface area contributed by atoms with E-state index < -0.39 is 26.0 Å². The third-order valence-corrected chi connectivity index (χ3v) is 17.7. The van der Waals surface area contributed by atoms with E-state index in [1.165, 1.54) is 33.9 Å². The molecule has 3 heterocycles. The second-order valence-electron chi connectivity index (χ2n) is 23.8. The maximum Gasteiger partial charge on any atom is 0.135 e. The molecule has 0 unspecified atom stereocenters. The molecule has 0 bridgehead atoms. The fourth-order valence-electron chi connectivity index (χ4n) is 13.9. The maximum absolute atomic E-state index is 8.80. The van der Waals surface area contributed by atoms with Gasteiger partial charge in [0.15, 0.2) is 0 Å². The summed E-state index contributed by atoms with van der Waals surface area (Å²) >= 11 is 0. The summed E-state index contributed by atoms with van der Waals surface area (Å²) in [6.07, 6.45) is 2.47. The summed E-state index contributed by atoms with van der Waals surface area (Å²) in [6, 6.07) is 85.9. The molecule has 0 amide bonds. The molecule has 0 atom stereocenters. The van der Waals surface area contributed by atoms with Crippen molar-refractivity contribution < 1.29 is 38.1 Å². The maximum atomic E-state index is 8.80. The van der Waals surface area contributed by atoms with Gasteiger partial charge in [-0.2, -0.15) is 12.1 Å². The third-order valence-electron chi connectivity index (χ3n) is 17.7. The van der Waals surface area contributed by atoms with Gasteiger partial charge in [0.1, 0.15) is 5.82 Å². The van der Waals surface area contributed by atoms with E-state index >= 15 is 0 Å². The standard InChI is InChI=1S/C81H61N4O.Pt/c1-51-40-52(2)42-58(41-51)64-29-19-28-63(55-36-38-66-65-26-9-13-32-72(65)81(73(66)46-55)70-30-11-7-20-56(70)44-57-21-8-12-31-71(57)81)79(64)84-50-83(75-34-15-16-35-76(75)84)60-24-18-25-61(47-60)86-62-37-39-68-67-27-10-14-33-74(67)85(77(68)48-62)78-43-53(3)69(49-82-78)54-22-17-23-59(45-54)80(4,5)6;/h7-43,45-46,49-50H,44H2,1-6H3;/q-3;/i1D3,2D3,3D3;. The quantitative estimate of drug-likeness (QED) is 0.142. The largest absolute Gasteiger partial charge is 0.509 e. The summed E-state index contributed by atoms with van der Waals surface area (Å²) < 4.78 is 86.9. The van der Waals surface area contributed by atoms with E-state index in [2.05, 4.69) is 141 Å². The molecule has 11 aromatic carbocycles. The fourth-order valence-corrected chi connectivity index (χ4v) is 13.9. The predicted molar refractivity (Wildman–Crippen MR) is 354 cm³/mol. The Labute approximate surface area is 536 Å². The molecule has 0 radical (unpaired) electrons. The SMILES string of the molecule is [2H]C([2H])([2H])c1cc(-c2cccc(-c3ccc4c(c3)C3(c5ccccc5Cc5ccccc53)c3ccccc3-4)c2N2[CH-]N(c3[c-]c(Oc4[c-]c5c(cc4)c4ccccc4n5-c4cc(C([2H])([2H])[2H])c(-c5cccc(C(C)(C)C)c5)cn4)ccc3)c3ccccc32)cc(C([2H])([2H])[2H])c1.[Pt]. The summed E-state index contributed by atoms with van der Waals surface area (Å²) in [5, 5.41) is 1.81. The van der Waals surface area contributed by atoms with Gasteiger partial charge in [0.2, 0.25) is 0 Å². The van der Waals surface area contributed by atoms with Crippen LogP contribution in [0, 0.1) is 39.4 Å². The van der Waals surface area contributed by atoms with Crippen LogP contribution in [0.2, 0.25) is 0 Å². The van der Waals surface area contributed by atoms with Crippen LogP contribution in [0.4, 0.5) is 22.7 Å². The van der Waals surface area contributed by atoms with Crippen LogP contribution in [0.5, 0.6) is 11.5 Å². The number of hydrogen-bond acceptors (Lipinski definition) is 4. The van der Waals surface area contributed by atoms with Gasteiger partial charge < -0.3 is 19.1 Å². The first kappa shape index (κ1) is 44.9. The summed E-state index contributed by atoms with van der Waals surface area (Å²) in [6.45, 7) is 0.702. The Bertz CT molecular complexity index is 5220. The zero-order valence-corrected chi connectivity index (χ0v) is 50.2. The smallest absolute Gasteiger partial charge is 0.135 e. The molecule has 6 heteroatoms. The van der Waals surface area contributed by atoms with Crippen LogP contribution in [0.1, 0.15) is 88.7 Å². The summed E-state index contributed by atoms with van der Waals surface area (Å²) in [5.74, 6) is 1.21. The van der Waals surface area contributed by atoms with Crippen LogP contribution in [-0.2, 0) is 38.3 Å². The van der Waals surface area contributed by atoms with E-state index in [0.29, 0.717) is 50.9 Å². The van der Waals surface area contributed by atoms with Crippen LogP contribution in [0.3, 0.4) is 0 Å². The van der Waals surface area contributed by atoms with Gasteiger partial charge in [-0.05, 0) is 140 Å². The third kappa shape index (κ3) is 8.72. The molecule has 1 aliphatic heterocycles. The van der Waals surface area contributed by atoms with E-state index in [1.54, 1.807) is 24.4 Å². The average molecular weight is 1310 g/mol. The van der Waals surface area contributed by atoms with Gasteiger partial charge in [-0.25, -0.2) is 4.98 Å². The number of aryl methyl sites for hydroxylation is 3. The molecule has 424 valence electrons. The number of hydrogen-bond donors (Lipinski definition) is 0. The molecule has 16 rings (SSSR count). The number of para-hydroxylation sites is 4. The van der Waals surface area contributed by atoms with Gasteiger partial charge in [-0.15, -0.1) is 48.1 Å². The molecular weight excluding hydrogens is 1240 g/mol. The molecule has 1 spiro atoms. The second-order valence-corrected chi connectivity index (χ2v) is 23.8. The van der Waals surface area contributed by atoms with E-state index in [0.717, 1.165) is 73.0 Å². The zero-order valence-electron chi connectivity index (χ0n) is 56.9. The van der Waals surface area contributed by atoms with Crippen molar-refractivity contribution >= 4 is 44.6 Å². The monoisotopic (exact) mass is 1310 g/mol. The van der Waals surface area contributed by atoms with Gasteiger partial charge in [0.05, 0.1) is 5.41 Å². The molecule has 0 saturated carbocycles. The number of pyridine rings is 1. The number of anilines is 4. The topological polar surface area (TPSA) is 33.5 Å². The van der Waals surface area contributed by atoms with Crippen molar-refractivity contribution in [1.82, 2.24) is 9.55 Å². The first-order valence-corrected chi connectivity index (χ1v) is 29.1. The minimum absolute atomic E-state index is 0. The van der Waals surface area contributed by atoms with Crippen molar-refractivity contribution in [2.75, 3.05) is 9.80 Å². The Morgan fingerprint density at radius 3 is 1.92 bits per heavy atom. The van der Waals surface area contributed by atoms with Gasteiger partial charge in [0.25, 0.3) is 0 Å². The molecular formula is C81H61N4OPt-3. The molecule has 13 aromatic rings. The molecule has 0 saturated heterocycles. The first-order chi connectivity index (χ1) is 45.6. The Balaban J connectivity index is 0.00000756. The first-order valence-electron chi connectivity index (χ1n) is 33.6. The van der Waals surface area contributed by atoms with E-state index in [-0.39, 0.29) is 43.2 Å². The van der Waals surface area contributed by atoms with Gasteiger partial charge in [0, 0.05) is 90.4 Å². The van der Waals surface area contributed by atoms with Gasteiger partial charge in [-0.1, -0.05) is 213 Å². The Morgan fingerprint density at radius 2 is 1.15 bits per heavy atom. The molecule has 2 aliphatic carbocycles. The van der Waals surface area contributed by atoms with Crippen LogP contribution in [0.25, 0.3) is 72.1 Å². The number of benzene rings is 11. The van der Waals surface area contributed by atoms with Crippen molar-refractivity contribution in [3.63, 3.8) is 0 Å². The van der Waals surface area contributed by atoms with Gasteiger partial charge >= 0.3 is 0 Å². The van der Waals surface area contributed by atoms with Crippen molar-refractivity contribution in [2.45, 2.75) is 58.6 Å². The number of rotatable bonds is 8. The summed E-state index contributed by atoms with van der Waals surface area (Å²) in [4.78, 5) is 9.15. The van der Waals surface area contributed by atoms with Crippen LogP contribution >= 0.6 is 0 Å². The molecule has 87 heavy (non-hydrogen) atoms. The molecule has 3 aliphatic rings. The Kier molecular flexibility index (Phi) is 10.8. The van der Waals surface area contributed by atoms with Crippen molar-refractivity contribution in [3.8, 4) is 61.8 Å². The number of aromatic nitrogens is 2. The molecule has 2 aromatic heterocycles. The van der Waals surface area contributed by atoms with Crippen molar-refractivity contribution in [1.29, 1.82) is 0 Å². The van der Waals surface area contributed by atoms with E-state index in [4.69, 9.17) is 22.1 Å². The van der Waals surface area contributed by atoms with Gasteiger partial charge in [-0.3, -0.25) is 0 Å². The predicted octanol–water partition coefficient (Wildman–Crippen LogP) is 20.5. The minimum atomic E-state index is -2.62. The molecule has 0 N–H and O–H groups in total. The molecule has 5 nitrogen and oxygen atoms in total. The number of fused-ring (bicyclic) bond motifs is 13.